The number of aliphatic hydroxyl groups excluding tert-OH is 1. The number of sulfonamides is 1. The Kier molecular flexibility index (Phi) is 8.82. The molecule has 2 N–H and O–H groups in total. The van der Waals surface area contributed by atoms with Crippen molar-refractivity contribution in [3.63, 3.8) is 0 Å². The summed E-state index contributed by atoms with van der Waals surface area (Å²) in [7, 11) is -3.32. The van der Waals surface area contributed by atoms with E-state index in [9.17, 15) is 8.42 Å². The second kappa shape index (κ2) is 8.89. The predicted molar refractivity (Wildman–Crippen MR) is 71.4 cm³/mol. The van der Waals surface area contributed by atoms with Crippen LogP contribution in [-0.4, -0.2) is 31.9 Å². The normalized spacial score (nSPS) is 14.2. The van der Waals surface area contributed by atoms with Crippen LogP contribution in [0.2, 0.25) is 0 Å². The van der Waals surface area contributed by atoms with Crippen molar-refractivity contribution in [2.75, 3.05) is 13.2 Å². The van der Waals surface area contributed by atoms with E-state index in [1.807, 2.05) is 0 Å². The van der Waals surface area contributed by atoms with Crippen LogP contribution in [0.15, 0.2) is 0 Å². The van der Waals surface area contributed by atoms with Gasteiger partial charge in [-0.15, -0.1) is 0 Å². The Balaban J connectivity index is 3.52. The quantitative estimate of drug-likeness (QED) is 0.593. The molecule has 1 atom stereocenters. The van der Waals surface area contributed by atoms with Crippen LogP contribution in [0.25, 0.3) is 0 Å². The topological polar surface area (TPSA) is 66.4 Å². The van der Waals surface area contributed by atoms with E-state index in [0.717, 1.165) is 25.2 Å². The fourth-order valence-electron chi connectivity index (χ4n) is 1.49. The van der Waals surface area contributed by atoms with Gasteiger partial charge in [0.1, 0.15) is 0 Å². The Morgan fingerprint density at radius 2 is 1.65 bits per heavy atom. The van der Waals surface area contributed by atoms with Gasteiger partial charge in [-0.25, -0.2) is 13.1 Å². The van der Waals surface area contributed by atoms with Crippen LogP contribution in [0.3, 0.4) is 0 Å². The van der Waals surface area contributed by atoms with Crippen molar-refractivity contribution >= 4 is 10.0 Å². The highest BCUT2D eigenvalue weighted by Gasteiger charge is 2.18. The molecule has 0 aromatic rings. The number of unbranched alkanes of at least 4 members (excludes halogenated alkanes) is 3. The van der Waals surface area contributed by atoms with Crippen LogP contribution in [0, 0.1) is 5.92 Å². The first-order chi connectivity index (χ1) is 7.90. The van der Waals surface area contributed by atoms with Gasteiger partial charge >= 0.3 is 0 Å². The third-order valence-corrected chi connectivity index (χ3v) is 4.61. The molecule has 1 unspecified atom stereocenters. The Bertz CT molecular complexity index is 275. The first kappa shape index (κ1) is 16.9. The Hall–Kier alpha value is -0.130. The Morgan fingerprint density at radius 1 is 1.06 bits per heavy atom. The van der Waals surface area contributed by atoms with Gasteiger partial charge in [0.2, 0.25) is 10.0 Å². The van der Waals surface area contributed by atoms with E-state index in [0.29, 0.717) is 6.54 Å². The number of hydrogen-bond donors (Lipinski definition) is 2. The maximum Gasteiger partial charge on any atom is 0.216 e. The van der Waals surface area contributed by atoms with Crippen molar-refractivity contribution in [2.24, 2.45) is 5.92 Å². The summed E-state index contributed by atoms with van der Waals surface area (Å²) in [4.78, 5) is 0. The number of rotatable bonds is 10. The minimum atomic E-state index is -3.32. The molecule has 0 rings (SSSR count). The molecular formula is C12H27NO3S. The molecule has 5 heteroatoms. The van der Waals surface area contributed by atoms with Gasteiger partial charge in [-0.05, 0) is 19.3 Å². The minimum Gasteiger partial charge on any atom is -0.395 e. The average molecular weight is 265 g/mol. The lowest BCUT2D eigenvalue weighted by molar-refractivity contribution is 0.294. The van der Waals surface area contributed by atoms with Crippen LogP contribution >= 0.6 is 0 Å². The highest BCUT2D eigenvalue weighted by Crippen LogP contribution is 2.09. The van der Waals surface area contributed by atoms with Crippen molar-refractivity contribution in [2.45, 2.75) is 58.1 Å². The molecule has 0 saturated carbocycles. The molecule has 0 radical (unpaired) electrons. The summed E-state index contributed by atoms with van der Waals surface area (Å²) in [5, 5.41) is 8.06. The largest absolute Gasteiger partial charge is 0.395 e. The SMILES string of the molecule is CC(C)CCCCCCNS(=O)(=O)C(C)CO. The third-order valence-electron chi connectivity index (χ3n) is 2.80. The molecule has 104 valence electrons. The van der Waals surface area contributed by atoms with Gasteiger partial charge in [-0.2, -0.15) is 0 Å². The van der Waals surface area contributed by atoms with E-state index in [1.54, 1.807) is 0 Å². The highest BCUT2D eigenvalue weighted by molar-refractivity contribution is 7.90. The molecule has 0 aromatic carbocycles. The van der Waals surface area contributed by atoms with Crippen LogP contribution in [0.5, 0.6) is 0 Å². The van der Waals surface area contributed by atoms with Crippen molar-refractivity contribution < 1.29 is 13.5 Å². The third kappa shape index (κ3) is 8.57. The van der Waals surface area contributed by atoms with Gasteiger partial charge in [-0.1, -0.05) is 39.5 Å². The van der Waals surface area contributed by atoms with Crippen LogP contribution in [0.4, 0.5) is 0 Å². The average Bonchev–Trinajstić information content (AvgIpc) is 2.26. The van der Waals surface area contributed by atoms with Crippen LogP contribution in [0.1, 0.15) is 52.9 Å². The van der Waals surface area contributed by atoms with Gasteiger partial charge in [-0.3, -0.25) is 0 Å². The van der Waals surface area contributed by atoms with Crippen molar-refractivity contribution in [1.29, 1.82) is 0 Å². The first-order valence-electron chi connectivity index (χ1n) is 6.49. The van der Waals surface area contributed by atoms with Gasteiger partial charge in [0.25, 0.3) is 0 Å². The van der Waals surface area contributed by atoms with Gasteiger partial charge in [0, 0.05) is 6.54 Å². The molecule has 0 aliphatic rings. The lowest BCUT2D eigenvalue weighted by atomic mass is 10.0. The summed E-state index contributed by atoms with van der Waals surface area (Å²) in [5.41, 5.74) is 0. The summed E-state index contributed by atoms with van der Waals surface area (Å²) in [6, 6.07) is 0. The maximum atomic E-state index is 11.5. The number of aliphatic hydroxyl groups is 1. The van der Waals surface area contributed by atoms with Crippen molar-refractivity contribution in [1.82, 2.24) is 4.72 Å². The highest BCUT2D eigenvalue weighted by atomic mass is 32.2. The summed E-state index contributed by atoms with van der Waals surface area (Å²) in [6.45, 7) is 6.08. The fraction of sp³-hybridized carbons (Fsp3) is 1.00. The Labute approximate surface area is 106 Å². The van der Waals surface area contributed by atoms with Gasteiger partial charge < -0.3 is 5.11 Å². The van der Waals surface area contributed by atoms with Crippen molar-refractivity contribution in [3.8, 4) is 0 Å². The number of hydrogen-bond acceptors (Lipinski definition) is 3. The standard InChI is InChI=1S/C12H27NO3S/c1-11(2)8-6-4-5-7-9-13-17(15,16)12(3)10-14/h11-14H,4-10H2,1-3H3. The molecule has 0 bridgehead atoms. The molecule has 4 nitrogen and oxygen atoms in total. The first-order valence-corrected chi connectivity index (χ1v) is 8.04. The predicted octanol–water partition coefficient (Wildman–Crippen LogP) is 1.89. The monoisotopic (exact) mass is 265 g/mol. The molecule has 17 heavy (non-hydrogen) atoms. The molecule has 0 aliphatic carbocycles. The van der Waals surface area contributed by atoms with Crippen LogP contribution in [-0.2, 0) is 10.0 Å². The summed E-state index contributed by atoms with van der Waals surface area (Å²) in [6.07, 6.45) is 5.55. The second-order valence-electron chi connectivity index (χ2n) is 5.03. The molecule has 0 amide bonds. The zero-order valence-electron chi connectivity index (χ0n) is 11.3. The molecule has 0 heterocycles. The zero-order valence-corrected chi connectivity index (χ0v) is 12.1. The molecule has 0 aliphatic heterocycles. The zero-order chi connectivity index (χ0) is 13.3. The van der Waals surface area contributed by atoms with E-state index in [-0.39, 0.29) is 6.61 Å². The van der Waals surface area contributed by atoms with E-state index in [1.165, 1.54) is 19.8 Å². The molecule has 0 saturated heterocycles. The van der Waals surface area contributed by atoms with Gasteiger partial charge in [0.15, 0.2) is 0 Å². The van der Waals surface area contributed by atoms with E-state index in [2.05, 4.69) is 18.6 Å². The lowest BCUT2D eigenvalue weighted by Gasteiger charge is -2.11. The van der Waals surface area contributed by atoms with Gasteiger partial charge in [0.05, 0.1) is 11.9 Å². The Morgan fingerprint density at radius 3 is 2.18 bits per heavy atom. The molecular weight excluding hydrogens is 238 g/mol. The summed E-state index contributed by atoms with van der Waals surface area (Å²) >= 11 is 0. The summed E-state index contributed by atoms with van der Waals surface area (Å²) < 4.78 is 25.5. The smallest absolute Gasteiger partial charge is 0.216 e. The van der Waals surface area contributed by atoms with E-state index >= 15 is 0 Å². The second-order valence-corrected chi connectivity index (χ2v) is 7.21. The fourth-order valence-corrected chi connectivity index (χ4v) is 2.40. The maximum absolute atomic E-state index is 11.5. The molecule has 0 fully saturated rings. The van der Waals surface area contributed by atoms with Crippen LogP contribution < -0.4 is 4.72 Å². The van der Waals surface area contributed by atoms with E-state index in [4.69, 9.17) is 5.11 Å². The number of nitrogens with one attached hydrogen (secondary N) is 1. The lowest BCUT2D eigenvalue weighted by Crippen LogP contribution is -2.35. The molecule has 0 spiro atoms. The van der Waals surface area contributed by atoms with Crippen molar-refractivity contribution in [3.05, 3.63) is 0 Å². The summed E-state index contributed by atoms with van der Waals surface area (Å²) in [5.74, 6) is 0.749. The van der Waals surface area contributed by atoms with E-state index < -0.39 is 15.3 Å². The molecule has 0 aromatic heterocycles. The minimum absolute atomic E-state index is 0.330.